The number of aryl methyl sites for hydroxylation is 1. The van der Waals surface area contributed by atoms with Gasteiger partial charge in [0.1, 0.15) is 0 Å². The van der Waals surface area contributed by atoms with Gasteiger partial charge in [-0.05, 0) is 40.5 Å². The first-order chi connectivity index (χ1) is 6.27. The zero-order chi connectivity index (χ0) is 9.26. The molecule has 0 saturated carbocycles. The van der Waals surface area contributed by atoms with Gasteiger partial charge in [-0.25, -0.2) is 0 Å². The number of halogens is 1. The number of hydrogen-bond donors (Lipinski definition) is 0. The van der Waals surface area contributed by atoms with Gasteiger partial charge in [-0.1, -0.05) is 6.07 Å². The lowest BCUT2D eigenvalue weighted by Gasteiger charge is -1.96. The minimum Gasteiger partial charge on any atom is -0.264 e. The average molecular weight is 254 g/mol. The molecule has 0 aliphatic rings. The van der Waals surface area contributed by atoms with Gasteiger partial charge in [-0.3, -0.25) is 4.98 Å². The van der Waals surface area contributed by atoms with E-state index >= 15 is 0 Å². The van der Waals surface area contributed by atoms with E-state index in [-0.39, 0.29) is 0 Å². The van der Waals surface area contributed by atoms with E-state index in [1.54, 1.807) is 17.5 Å². The highest BCUT2D eigenvalue weighted by Crippen LogP contribution is 2.34. The predicted octanol–water partition coefficient (Wildman–Crippen LogP) is 3.88. The standard InChI is InChI=1S/C10H8BrNS/c1-7-5-9(11)13-10(7)8-3-2-4-12-6-8/h2-6H,1H3. The summed E-state index contributed by atoms with van der Waals surface area (Å²) in [6, 6.07) is 6.17. The second-order valence-electron chi connectivity index (χ2n) is 2.80. The summed E-state index contributed by atoms with van der Waals surface area (Å²) in [6.07, 6.45) is 3.69. The average Bonchev–Trinajstić information content (AvgIpc) is 2.47. The Morgan fingerprint density at radius 2 is 2.31 bits per heavy atom. The van der Waals surface area contributed by atoms with Gasteiger partial charge >= 0.3 is 0 Å². The quantitative estimate of drug-likeness (QED) is 0.752. The summed E-state index contributed by atoms with van der Waals surface area (Å²) in [4.78, 5) is 5.39. The maximum atomic E-state index is 4.10. The Bertz CT molecular complexity index is 408. The molecule has 2 aromatic heterocycles. The molecule has 0 N–H and O–H groups in total. The van der Waals surface area contributed by atoms with Gasteiger partial charge in [0.2, 0.25) is 0 Å². The van der Waals surface area contributed by atoms with E-state index in [0.717, 1.165) is 0 Å². The fourth-order valence-corrected chi connectivity index (χ4v) is 2.95. The van der Waals surface area contributed by atoms with Crippen LogP contribution in [0.3, 0.4) is 0 Å². The van der Waals surface area contributed by atoms with Crippen molar-refractivity contribution in [1.82, 2.24) is 4.98 Å². The van der Waals surface area contributed by atoms with Gasteiger partial charge in [0.25, 0.3) is 0 Å². The summed E-state index contributed by atoms with van der Waals surface area (Å²) in [5.41, 5.74) is 2.49. The van der Waals surface area contributed by atoms with Crippen molar-refractivity contribution >= 4 is 27.3 Å². The van der Waals surface area contributed by atoms with Gasteiger partial charge in [-0.2, -0.15) is 0 Å². The van der Waals surface area contributed by atoms with Crippen LogP contribution in [0.4, 0.5) is 0 Å². The van der Waals surface area contributed by atoms with E-state index in [0.29, 0.717) is 0 Å². The molecule has 0 fully saturated rings. The first-order valence-electron chi connectivity index (χ1n) is 3.93. The van der Waals surface area contributed by atoms with Gasteiger partial charge in [-0.15, -0.1) is 11.3 Å². The van der Waals surface area contributed by atoms with Crippen LogP contribution in [-0.4, -0.2) is 4.98 Å². The Labute approximate surface area is 89.6 Å². The van der Waals surface area contributed by atoms with Gasteiger partial charge in [0.15, 0.2) is 0 Å². The van der Waals surface area contributed by atoms with Crippen molar-refractivity contribution < 1.29 is 0 Å². The second-order valence-corrected chi connectivity index (χ2v) is 5.24. The van der Waals surface area contributed by atoms with E-state index in [2.05, 4.69) is 40.0 Å². The first-order valence-corrected chi connectivity index (χ1v) is 5.54. The topological polar surface area (TPSA) is 12.9 Å². The molecule has 0 aliphatic heterocycles. The minimum absolute atomic E-state index is 1.17. The maximum absolute atomic E-state index is 4.10. The Kier molecular flexibility index (Phi) is 2.47. The summed E-state index contributed by atoms with van der Waals surface area (Å²) in [5, 5.41) is 0. The molecule has 0 saturated heterocycles. The van der Waals surface area contributed by atoms with Crippen LogP contribution in [0.5, 0.6) is 0 Å². The van der Waals surface area contributed by atoms with E-state index in [4.69, 9.17) is 0 Å². The SMILES string of the molecule is Cc1cc(Br)sc1-c1cccnc1. The molecule has 2 heterocycles. The maximum Gasteiger partial charge on any atom is 0.0707 e. The van der Waals surface area contributed by atoms with E-state index < -0.39 is 0 Å². The third kappa shape index (κ3) is 1.81. The van der Waals surface area contributed by atoms with Crippen LogP contribution in [0.25, 0.3) is 10.4 Å². The number of thiophene rings is 1. The fourth-order valence-electron chi connectivity index (χ4n) is 1.23. The van der Waals surface area contributed by atoms with Crippen molar-refractivity contribution in [3.05, 3.63) is 39.9 Å². The Balaban J connectivity index is 2.53. The lowest BCUT2D eigenvalue weighted by Crippen LogP contribution is -1.76. The molecule has 1 nitrogen and oxygen atoms in total. The third-order valence-corrected chi connectivity index (χ3v) is 3.60. The Morgan fingerprint density at radius 1 is 1.46 bits per heavy atom. The monoisotopic (exact) mass is 253 g/mol. The van der Waals surface area contributed by atoms with Gasteiger partial charge < -0.3 is 0 Å². The summed E-state index contributed by atoms with van der Waals surface area (Å²) in [6.45, 7) is 2.11. The van der Waals surface area contributed by atoms with Crippen LogP contribution in [0.2, 0.25) is 0 Å². The number of aromatic nitrogens is 1. The second kappa shape index (κ2) is 3.60. The van der Waals surface area contributed by atoms with Crippen LogP contribution in [0, 0.1) is 6.92 Å². The largest absolute Gasteiger partial charge is 0.264 e. The number of nitrogens with zero attached hydrogens (tertiary/aromatic N) is 1. The van der Waals surface area contributed by atoms with Crippen LogP contribution in [0.15, 0.2) is 34.4 Å². The van der Waals surface area contributed by atoms with E-state index in [1.165, 1.54) is 19.8 Å². The highest BCUT2D eigenvalue weighted by Gasteiger charge is 2.05. The first kappa shape index (κ1) is 8.91. The summed E-state index contributed by atoms with van der Waals surface area (Å²) in [5.74, 6) is 0. The molecular weight excluding hydrogens is 246 g/mol. The minimum atomic E-state index is 1.17. The number of hydrogen-bond acceptors (Lipinski definition) is 2. The van der Waals surface area contributed by atoms with E-state index in [1.807, 2.05) is 12.3 Å². The van der Waals surface area contributed by atoms with Crippen molar-refractivity contribution in [3.8, 4) is 10.4 Å². The molecule has 66 valence electrons. The summed E-state index contributed by atoms with van der Waals surface area (Å²) >= 11 is 5.22. The van der Waals surface area contributed by atoms with Crippen LogP contribution >= 0.6 is 27.3 Å². The van der Waals surface area contributed by atoms with Crippen molar-refractivity contribution in [2.45, 2.75) is 6.92 Å². The van der Waals surface area contributed by atoms with Crippen molar-refractivity contribution in [2.24, 2.45) is 0 Å². The summed E-state index contributed by atoms with van der Waals surface area (Å²) < 4.78 is 1.17. The molecule has 0 amide bonds. The highest BCUT2D eigenvalue weighted by molar-refractivity contribution is 9.11. The molecule has 0 atom stereocenters. The van der Waals surface area contributed by atoms with Gasteiger partial charge in [0, 0.05) is 22.8 Å². The molecule has 13 heavy (non-hydrogen) atoms. The number of pyridine rings is 1. The lowest BCUT2D eigenvalue weighted by molar-refractivity contribution is 1.33. The molecule has 3 heteroatoms. The fraction of sp³-hybridized carbons (Fsp3) is 0.100. The van der Waals surface area contributed by atoms with Crippen molar-refractivity contribution in [3.63, 3.8) is 0 Å². The lowest BCUT2D eigenvalue weighted by atomic mass is 10.2. The normalized spacial score (nSPS) is 10.3. The molecule has 0 spiro atoms. The van der Waals surface area contributed by atoms with Crippen LogP contribution in [-0.2, 0) is 0 Å². The van der Waals surface area contributed by atoms with Gasteiger partial charge in [0.05, 0.1) is 3.79 Å². The molecule has 0 radical (unpaired) electrons. The zero-order valence-electron chi connectivity index (χ0n) is 7.12. The highest BCUT2D eigenvalue weighted by atomic mass is 79.9. The molecule has 0 aliphatic carbocycles. The Morgan fingerprint density at radius 3 is 2.85 bits per heavy atom. The van der Waals surface area contributed by atoms with Crippen LogP contribution in [0.1, 0.15) is 5.56 Å². The zero-order valence-corrected chi connectivity index (χ0v) is 9.52. The van der Waals surface area contributed by atoms with Crippen molar-refractivity contribution in [2.75, 3.05) is 0 Å². The molecule has 2 aromatic rings. The van der Waals surface area contributed by atoms with E-state index in [9.17, 15) is 0 Å². The molecule has 2 rings (SSSR count). The Hall–Kier alpha value is -0.670. The molecular formula is C10H8BrNS. The third-order valence-electron chi connectivity index (χ3n) is 1.81. The molecule has 0 bridgehead atoms. The van der Waals surface area contributed by atoms with Crippen LogP contribution < -0.4 is 0 Å². The smallest absolute Gasteiger partial charge is 0.0707 e. The molecule has 0 aromatic carbocycles. The number of rotatable bonds is 1. The molecule has 0 unspecified atom stereocenters. The summed E-state index contributed by atoms with van der Waals surface area (Å²) in [7, 11) is 0. The van der Waals surface area contributed by atoms with Crippen molar-refractivity contribution in [1.29, 1.82) is 0 Å². The predicted molar refractivity (Wildman–Crippen MR) is 60.0 cm³/mol.